The Morgan fingerprint density at radius 3 is 2.69 bits per heavy atom. The number of hydrogen-bond acceptors (Lipinski definition) is 4. The van der Waals surface area contributed by atoms with Gasteiger partial charge < -0.3 is 9.73 Å². The first-order valence-corrected chi connectivity index (χ1v) is 6.78. The second kappa shape index (κ2) is 4.57. The molecule has 5 nitrogen and oxygen atoms in total. The maximum atomic E-state index is 12.1. The molecule has 1 aliphatic heterocycles. The summed E-state index contributed by atoms with van der Waals surface area (Å²) in [5.74, 6) is 0. The molecule has 2 rings (SSSR count). The lowest BCUT2D eigenvalue weighted by Gasteiger charge is -2.29. The van der Waals surface area contributed by atoms with Crippen LogP contribution in [0, 0.1) is 0 Å². The summed E-state index contributed by atoms with van der Waals surface area (Å²) in [6.45, 7) is 1.73. The molecule has 0 atom stereocenters. The van der Waals surface area contributed by atoms with Crippen LogP contribution in [0.2, 0.25) is 0 Å². The standard InChI is InChI=1S/C10H16N2O3S/c1-12(9-4-6-11-7-5-9)16(13,14)10-3-2-8-15-10/h2-3,8-9,11H,4-7H2,1H3. The van der Waals surface area contributed by atoms with E-state index >= 15 is 0 Å². The minimum absolute atomic E-state index is 0.0218. The Hall–Kier alpha value is -0.850. The van der Waals surface area contributed by atoms with Crippen molar-refractivity contribution in [2.75, 3.05) is 20.1 Å². The van der Waals surface area contributed by atoms with E-state index < -0.39 is 10.0 Å². The predicted molar refractivity (Wildman–Crippen MR) is 59.5 cm³/mol. The Kier molecular flexibility index (Phi) is 3.32. The molecule has 0 spiro atoms. The van der Waals surface area contributed by atoms with Crippen LogP contribution in [0.5, 0.6) is 0 Å². The van der Waals surface area contributed by atoms with Crippen molar-refractivity contribution in [1.82, 2.24) is 9.62 Å². The fourth-order valence-electron chi connectivity index (χ4n) is 1.92. The highest BCUT2D eigenvalue weighted by atomic mass is 32.2. The first kappa shape index (κ1) is 11.6. The molecule has 0 saturated carbocycles. The smallest absolute Gasteiger partial charge is 0.276 e. The van der Waals surface area contributed by atoms with Crippen molar-refractivity contribution < 1.29 is 12.8 Å². The van der Waals surface area contributed by atoms with Crippen molar-refractivity contribution in [3.05, 3.63) is 18.4 Å². The number of rotatable bonds is 3. The van der Waals surface area contributed by atoms with Crippen molar-refractivity contribution >= 4 is 10.0 Å². The third kappa shape index (κ3) is 2.14. The van der Waals surface area contributed by atoms with Gasteiger partial charge in [-0.25, -0.2) is 8.42 Å². The molecule has 0 bridgehead atoms. The van der Waals surface area contributed by atoms with Gasteiger partial charge in [-0.3, -0.25) is 0 Å². The Morgan fingerprint density at radius 1 is 1.44 bits per heavy atom. The molecule has 0 aromatic carbocycles. The van der Waals surface area contributed by atoms with Crippen LogP contribution in [0.3, 0.4) is 0 Å². The number of hydrogen-bond donors (Lipinski definition) is 1. The van der Waals surface area contributed by atoms with Gasteiger partial charge in [0.25, 0.3) is 10.0 Å². The van der Waals surface area contributed by atoms with Crippen molar-refractivity contribution in [2.24, 2.45) is 0 Å². The van der Waals surface area contributed by atoms with Crippen LogP contribution in [-0.2, 0) is 10.0 Å². The fourth-order valence-corrected chi connectivity index (χ4v) is 3.23. The molecule has 0 unspecified atom stereocenters. The average Bonchev–Trinajstić information content (AvgIpc) is 2.83. The van der Waals surface area contributed by atoms with E-state index in [1.165, 1.54) is 16.6 Å². The fraction of sp³-hybridized carbons (Fsp3) is 0.600. The SMILES string of the molecule is CN(C1CCNCC1)S(=O)(=O)c1ccco1. The highest BCUT2D eigenvalue weighted by molar-refractivity contribution is 7.89. The second-order valence-corrected chi connectivity index (χ2v) is 5.86. The molecule has 1 aromatic rings. The molecular formula is C10H16N2O3S. The van der Waals surface area contributed by atoms with E-state index in [1.54, 1.807) is 13.1 Å². The maximum absolute atomic E-state index is 12.1. The molecular weight excluding hydrogens is 228 g/mol. The Balaban J connectivity index is 2.17. The highest BCUT2D eigenvalue weighted by Crippen LogP contribution is 2.20. The Bertz CT molecular complexity index is 421. The normalized spacial score (nSPS) is 19.1. The van der Waals surface area contributed by atoms with E-state index in [-0.39, 0.29) is 11.1 Å². The lowest BCUT2D eigenvalue weighted by atomic mass is 10.1. The van der Waals surface area contributed by atoms with Gasteiger partial charge in [-0.05, 0) is 38.1 Å². The topological polar surface area (TPSA) is 62.6 Å². The van der Waals surface area contributed by atoms with Crippen molar-refractivity contribution in [3.63, 3.8) is 0 Å². The van der Waals surface area contributed by atoms with Gasteiger partial charge in [-0.15, -0.1) is 0 Å². The molecule has 0 radical (unpaired) electrons. The van der Waals surface area contributed by atoms with Crippen LogP contribution in [0.4, 0.5) is 0 Å². The zero-order valence-corrected chi connectivity index (χ0v) is 10.0. The van der Waals surface area contributed by atoms with Crippen LogP contribution >= 0.6 is 0 Å². The van der Waals surface area contributed by atoms with Crippen LogP contribution in [-0.4, -0.2) is 38.9 Å². The Labute approximate surface area is 95.5 Å². The van der Waals surface area contributed by atoms with Gasteiger partial charge in [-0.1, -0.05) is 0 Å². The summed E-state index contributed by atoms with van der Waals surface area (Å²) in [5.41, 5.74) is 0. The molecule has 90 valence electrons. The van der Waals surface area contributed by atoms with Crippen molar-refractivity contribution in [1.29, 1.82) is 0 Å². The Morgan fingerprint density at radius 2 is 2.12 bits per heavy atom. The number of nitrogens with one attached hydrogen (secondary N) is 1. The summed E-state index contributed by atoms with van der Waals surface area (Å²) >= 11 is 0. The number of sulfonamides is 1. The van der Waals surface area contributed by atoms with Crippen molar-refractivity contribution in [2.45, 2.75) is 24.0 Å². The third-order valence-electron chi connectivity index (χ3n) is 2.95. The second-order valence-electron chi connectivity index (χ2n) is 3.93. The van der Waals surface area contributed by atoms with Gasteiger partial charge in [0.1, 0.15) is 0 Å². The minimum atomic E-state index is -3.46. The van der Waals surface area contributed by atoms with Gasteiger partial charge in [0.05, 0.1) is 6.26 Å². The highest BCUT2D eigenvalue weighted by Gasteiger charge is 2.30. The van der Waals surface area contributed by atoms with E-state index in [2.05, 4.69) is 5.32 Å². The zero-order chi connectivity index (χ0) is 11.6. The van der Waals surface area contributed by atoms with Gasteiger partial charge >= 0.3 is 0 Å². The first-order valence-electron chi connectivity index (χ1n) is 5.34. The number of furan rings is 1. The van der Waals surface area contributed by atoms with Crippen LogP contribution in [0.15, 0.2) is 27.9 Å². The summed E-state index contributed by atoms with van der Waals surface area (Å²) < 4.78 is 30.6. The summed E-state index contributed by atoms with van der Waals surface area (Å²) in [4.78, 5) is 0. The van der Waals surface area contributed by atoms with E-state index in [9.17, 15) is 8.42 Å². The van der Waals surface area contributed by atoms with Crippen molar-refractivity contribution in [3.8, 4) is 0 Å². The summed E-state index contributed by atoms with van der Waals surface area (Å²) in [6, 6.07) is 3.13. The van der Waals surface area contributed by atoms with E-state index in [0.29, 0.717) is 0 Å². The van der Waals surface area contributed by atoms with E-state index in [4.69, 9.17) is 4.42 Å². The molecule has 16 heavy (non-hydrogen) atoms. The quantitative estimate of drug-likeness (QED) is 0.848. The van der Waals surface area contributed by atoms with Gasteiger partial charge in [0.2, 0.25) is 5.09 Å². The average molecular weight is 244 g/mol. The summed E-state index contributed by atoms with van der Waals surface area (Å²) in [7, 11) is -1.84. The molecule has 6 heteroatoms. The predicted octanol–water partition coefficient (Wildman–Crippen LogP) is 0.652. The molecule has 1 fully saturated rings. The van der Waals surface area contributed by atoms with Gasteiger partial charge in [0.15, 0.2) is 0 Å². The number of piperidine rings is 1. The molecule has 2 heterocycles. The maximum Gasteiger partial charge on any atom is 0.276 e. The van der Waals surface area contributed by atoms with E-state index in [1.807, 2.05) is 0 Å². The molecule has 1 aliphatic rings. The lowest BCUT2D eigenvalue weighted by molar-refractivity contribution is 0.289. The van der Waals surface area contributed by atoms with Gasteiger partial charge in [-0.2, -0.15) is 4.31 Å². The van der Waals surface area contributed by atoms with Crippen LogP contribution in [0.25, 0.3) is 0 Å². The first-order chi connectivity index (χ1) is 7.62. The molecule has 1 N–H and O–H groups in total. The molecule has 1 saturated heterocycles. The van der Waals surface area contributed by atoms with E-state index in [0.717, 1.165) is 25.9 Å². The summed E-state index contributed by atoms with van der Waals surface area (Å²) in [5, 5.41) is 3.23. The zero-order valence-electron chi connectivity index (χ0n) is 9.22. The van der Waals surface area contributed by atoms with Gasteiger partial charge in [0, 0.05) is 13.1 Å². The third-order valence-corrected chi connectivity index (χ3v) is 4.75. The molecule has 0 aliphatic carbocycles. The van der Waals surface area contributed by atoms with Crippen LogP contribution < -0.4 is 5.32 Å². The number of nitrogens with zero attached hydrogens (tertiary/aromatic N) is 1. The van der Waals surface area contributed by atoms with Crippen LogP contribution in [0.1, 0.15) is 12.8 Å². The largest absolute Gasteiger partial charge is 0.452 e. The molecule has 1 aromatic heterocycles. The molecule has 0 amide bonds. The monoisotopic (exact) mass is 244 g/mol. The lowest BCUT2D eigenvalue weighted by Crippen LogP contribution is -2.43. The minimum Gasteiger partial charge on any atom is -0.452 e. The summed E-state index contributed by atoms with van der Waals surface area (Å²) in [6.07, 6.45) is 3.07.